The van der Waals surface area contributed by atoms with Crippen LogP contribution in [0.15, 0.2) is 12.5 Å². The monoisotopic (exact) mass is 137 g/mol. The highest BCUT2D eigenvalue weighted by molar-refractivity contribution is 4.97. The van der Waals surface area contributed by atoms with Crippen LogP contribution in [0.1, 0.15) is 31.9 Å². The molecule has 0 aliphatic heterocycles. The minimum absolute atomic E-state index is 0.473. The quantitative estimate of drug-likeness (QED) is 0.618. The maximum absolute atomic E-state index is 3.94. The van der Waals surface area contributed by atoms with Crippen molar-refractivity contribution in [2.24, 2.45) is 0 Å². The Bertz CT molecular complexity index is 185. The molecule has 1 unspecified atom stereocenters. The smallest absolute Gasteiger partial charge is 0.138 e. The summed E-state index contributed by atoms with van der Waals surface area (Å²) in [5, 5.41) is 7.63. The van der Waals surface area contributed by atoms with Crippen molar-refractivity contribution in [1.29, 1.82) is 0 Å². The van der Waals surface area contributed by atoms with Gasteiger partial charge in [0, 0.05) is 5.92 Å². The molecular formula is C7H11N3. The van der Waals surface area contributed by atoms with Gasteiger partial charge in [-0.1, -0.05) is 13.8 Å². The van der Waals surface area contributed by atoms with E-state index < -0.39 is 0 Å². The molecule has 0 saturated carbocycles. The molecule has 54 valence electrons. The molecule has 1 rings (SSSR count). The normalized spacial score (nSPS) is 13.0. The highest BCUT2D eigenvalue weighted by Gasteiger charge is 2.02. The highest BCUT2D eigenvalue weighted by atomic mass is 15.1. The summed E-state index contributed by atoms with van der Waals surface area (Å²) >= 11 is 0. The van der Waals surface area contributed by atoms with Crippen LogP contribution in [0.4, 0.5) is 0 Å². The fourth-order valence-corrected chi connectivity index (χ4v) is 0.693. The second kappa shape index (κ2) is 3.25. The van der Waals surface area contributed by atoms with Gasteiger partial charge < -0.3 is 0 Å². The van der Waals surface area contributed by atoms with Crippen LogP contribution in [-0.2, 0) is 0 Å². The van der Waals surface area contributed by atoms with Crippen LogP contribution < -0.4 is 0 Å². The Morgan fingerprint density at radius 2 is 2.40 bits per heavy atom. The molecule has 0 amide bonds. The van der Waals surface area contributed by atoms with Crippen LogP contribution in [0.3, 0.4) is 0 Å². The zero-order valence-electron chi connectivity index (χ0n) is 6.28. The molecule has 0 spiro atoms. The first-order chi connectivity index (χ1) is 4.84. The summed E-state index contributed by atoms with van der Waals surface area (Å²) in [7, 11) is 0. The van der Waals surface area contributed by atoms with Gasteiger partial charge in [0.05, 0.1) is 11.9 Å². The Kier molecular flexibility index (Phi) is 2.31. The van der Waals surface area contributed by atoms with E-state index in [4.69, 9.17) is 0 Å². The number of hydrogen-bond donors (Lipinski definition) is 0. The van der Waals surface area contributed by atoms with Gasteiger partial charge in [0.2, 0.25) is 0 Å². The number of nitrogens with zero attached hydrogens (tertiary/aromatic N) is 3. The van der Waals surface area contributed by atoms with Crippen molar-refractivity contribution in [3.63, 3.8) is 0 Å². The Hall–Kier alpha value is -0.990. The van der Waals surface area contributed by atoms with E-state index in [9.17, 15) is 0 Å². The number of aromatic nitrogens is 3. The lowest BCUT2D eigenvalue weighted by Gasteiger charge is -2.03. The molecule has 0 aromatic carbocycles. The first-order valence-electron chi connectivity index (χ1n) is 3.47. The second-order valence-electron chi connectivity index (χ2n) is 2.34. The molecule has 3 heteroatoms. The van der Waals surface area contributed by atoms with E-state index in [1.54, 1.807) is 6.20 Å². The summed E-state index contributed by atoms with van der Waals surface area (Å²) in [4.78, 5) is 3.88. The summed E-state index contributed by atoms with van der Waals surface area (Å²) in [5.74, 6) is 0.473. The lowest BCUT2D eigenvalue weighted by atomic mass is 10.1. The van der Waals surface area contributed by atoms with Crippen molar-refractivity contribution in [2.45, 2.75) is 26.2 Å². The van der Waals surface area contributed by atoms with Crippen LogP contribution in [0.5, 0.6) is 0 Å². The molecule has 0 radical (unpaired) electrons. The zero-order valence-corrected chi connectivity index (χ0v) is 6.28. The molecule has 0 fully saturated rings. The van der Waals surface area contributed by atoms with Gasteiger partial charge in [-0.05, 0) is 6.42 Å². The first-order valence-corrected chi connectivity index (χ1v) is 3.47. The summed E-state index contributed by atoms with van der Waals surface area (Å²) in [6.07, 6.45) is 4.30. The van der Waals surface area contributed by atoms with Crippen molar-refractivity contribution in [3.05, 3.63) is 18.2 Å². The van der Waals surface area contributed by atoms with Crippen LogP contribution in [0, 0.1) is 0 Å². The third kappa shape index (κ3) is 1.50. The van der Waals surface area contributed by atoms with Gasteiger partial charge in [0.1, 0.15) is 6.33 Å². The van der Waals surface area contributed by atoms with E-state index in [0.717, 1.165) is 12.1 Å². The van der Waals surface area contributed by atoms with Gasteiger partial charge in [-0.15, -0.1) is 5.10 Å². The molecule has 1 aromatic rings. The van der Waals surface area contributed by atoms with E-state index in [0.29, 0.717) is 5.92 Å². The van der Waals surface area contributed by atoms with Gasteiger partial charge in [-0.2, -0.15) is 5.10 Å². The van der Waals surface area contributed by atoms with Gasteiger partial charge in [0.15, 0.2) is 0 Å². The molecule has 0 aliphatic rings. The number of rotatable bonds is 2. The van der Waals surface area contributed by atoms with Gasteiger partial charge in [-0.25, -0.2) is 4.98 Å². The van der Waals surface area contributed by atoms with Gasteiger partial charge in [0.25, 0.3) is 0 Å². The highest BCUT2D eigenvalue weighted by Crippen LogP contribution is 2.12. The maximum Gasteiger partial charge on any atom is 0.138 e. The Balaban J connectivity index is 2.75. The minimum Gasteiger partial charge on any atom is -0.241 e. The molecule has 1 atom stereocenters. The van der Waals surface area contributed by atoms with E-state index in [1.165, 1.54) is 6.33 Å². The van der Waals surface area contributed by atoms with Crippen molar-refractivity contribution < 1.29 is 0 Å². The average Bonchev–Trinajstić information content (AvgIpc) is 2.05. The van der Waals surface area contributed by atoms with Gasteiger partial charge >= 0.3 is 0 Å². The van der Waals surface area contributed by atoms with Crippen molar-refractivity contribution in [2.75, 3.05) is 0 Å². The largest absolute Gasteiger partial charge is 0.241 e. The van der Waals surface area contributed by atoms with Crippen molar-refractivity contribution in [1.82, 2.24) is 15.2 Å². The molecule has 0 N–H and O–H groups in total. The van der Waals surface area contributed by atoms with Crippen LogP contribution in [0.25, 0.3) is 0 Å². The maximum atomic E-state index is 3.94. The molecule has 0 bridgehead atoms. The second-order valence-corrected chi connectivity index (χ2v) is 2.34. The Morgan fingerprint density at radius 1 is 1.60 bits per heavy atom. The van der Waals surface area contributed by atoms with Crippen molar-refractivity contribution in [3.8, 4) is 0 Å². The predicted octanol–water partition coefficient (Wildman–Crippen LogP) is 1.39. The van der Waals surface area contributed by atoms with Crippen LogP contribution >= 0.6 is 0 Å². The average molecular weight is 137 g/mol. The van der Waals surface area contributed by atoms with E-state index >= 15 is 0 Å². The third-order valence-electron chi connectivity index (χ3n) is 1.62. The SMILES string of the molecule is CCC(C)c1cncnn1. The van der Waals surface area contributed by atoms with E-state index in [2.05, 4.69) is 29.0 Å². The van der Waals surface area contributed by atoms with Gasteiger partial charge in [-0.3, -0.25) is 0 Å². The Labute approximate surface area is 60.5 Å². The molecular weight excluding hydrogens is 126 g/mol. The summed E-state index contributed by atoms with van der Waals surface area (Å²) in [6.45, 7) is 4.24. The molecule has 10 heavy (non-hydrogen) atoms. The lowest BCUT2D eigenvalue weighted by molar-refractivity contribution is 0.681. The van der Waals surface area contributed by atoms with E-state index in [-0.39, 0.29) is 0 Å². The topological polar surface area (TPSA) is 38.7 Å². The minimum atomic E-state index is 0.473. The lowest BCUT2D eigenvalue weighted by Crippen LogP contribution is -1.97. The third-order valence-corrected chi connectivity index (χ3v) is 1.62. The fraction of sp³-hybridized carbons (Fsp3) is 0.571. The van der Waals surface area contributed by atoms with Crippen LogP contribution in [0.2, 0.25) is 0 Å². The molecule has 0 saturated heterocycles. The van der Waals surface area contributed by atoms with Crippen LogP contribution in [-0.4, -0.2) is 15.2 Å². The standard InChI is InChI=1S/C7H11N3/c1-3-6(2)7-4-8-5-9-10-7/h4-6H,3H2,1-2H3. The summed E-state index contributed by atoms with van der Waals surface area (Å²) in [6, 6.07) is 0. The fourth-order valence-electron chi connectivity index (χ4n) is 0.693. The van der Waals surface area contributed by atoms with E-state index in [1.807, 2.05) is 0 Å². The molecule has 3 nitrogen and oxygen atoms in total. The zero-order chi connectivity index (χ0) is 7.40. The first kappa shape index (κ1) is 7.12. The molecule has 0 aliphatic carbocycles. The molecule has 1 heterocycles. The van der Waals surface area contributed by atoms with Crippen molar-refractivity contribution >= 4 is 0 Å². The molecule has 1 aromatic heterocycles. The summed E-state index contributed by atoms with van der Waals surface area (Å²) in [5.41, 5.74) is 0.977. The summed E-state index contributed by atoms with van der Waals surface area (Å²) < 4.78 is 0. The number of hydrogen-bond acceptors (Lipinski definition) is 3. The predicted molar refractivity (Wildman–Crippen MR) is 38.5 cm³/mol. The Morgan fingerprint density at radius 3 is 2.90 bits per heavy atom.